The van der Waals surface area contributed by atoms with Crippen LogP contribution in [0.1, 0.15) is 68.5 Å². The molecule has 1 atom stereocenters. The molecule has 0 aliphatic rings. The maximum absolute atomic E-state index is 12.5. The van der Waals surface area contributed by atoms with Gasteiger partial charge in [0.05, 0.1) is 18.3 Å². The zero-order chi connectivity index (χ0) is 23.5. The van der Waals surface area contributed by atoms with E-state index in [0.717, 1.165) is 61.3 Å². The highest BCUT2D eigenvalue weighted by atomic mass is 16.5. The molecule has 0 bridgehead atoms. The van der Waals surface area contributed by atoms with Crippen molar-refractivity contribution < 1.29 is 19.0 Å². The molecule has 0 radical (unpaired) electrons. The van der Waals surface area contributed by atoms with E-state index < -0.39 is 0 Å². The van der Waals surface area contributed by atoms with Crippen LogP contribution >= 0.6 is 0 Å². The Morgan fingerprint density at radius 3 is 1.85 bits per heavy atom. The molecular formula is C29H34O4. The predicted molar refractivity (Wildman–Crippen MR) is 133 cm³/mol. The molecule has 0 saturated heterocycles. The summed E-state index contributed by atoms with van der Waals surface area (Å²) >= 11 is 0. The normalized spacial score (nSPS) is 11.7. The average molecular weight is 447 g/mol. The molecule has 0 aliphatic carbocycles. The van der Waals surface area contributed by atoms with Gasteiger partial charge in [-0.25, -0.2) is 4.79 Å². The van der Waals surface area contributed by atoms with Crippen molar-refractivity contribution in [3.63, 3.8) is 0 Å². The fourth-order valence-corrected chi connectivity index (χ4v) is 3.35. The minimum atomic E-state index is -0.373. The third-order valence-corrected chi connectivity index (χ3v) is 5.50. The van der Waals surface area contributed by atoms with Gasteiger partial charge in [-0.05, 0) is 72.9 Å². The molecule has 4 heteroatoms. The molecule has 0 fully saturated rings. The van der Waals surface area contributed by atoms with Crippen molar-refractivity contribution in [3.8, 4) is 22.6 Å². The molecule has 0 heterocycles. The standard InChI is InChI=1S/C29H34O4/c1-4-6-20-31-22(3)23-8-10-26(11-9-23)29(30)33-28-18-14-25(15-19-28)24-12-16-27(17-13-24)32-21-7-5-2/h8-19,22H,4-7,20-21H2,1-3H3. The van der Waals surface area contributed by atoms with Crippen LogP contribution in [-0.2, 0) is 4.74 Å². The molecule has 0 aliphatic heterocycles. The van der Waals surface area contributed by atoms with Crippen molar-refractivity contribution >= 4 is 5.97 Å². The molecule has 0 amide bonds. The molecular weight excluding hydrogens is 412 g/mol. The van der Waals surface area contributed by atoms with Gasteiger partial charge in [-0.3, -0.25) is 0 Å². The van der Waals surface area contributed by atoms with Crippen LogP contribution < -0.4 is 9.47 Å². The van der Waals surface area contributed by atoms with Crippen LogP contribution in [0.2, 0.25) is 0 Å². The second-order valence-corrected chi connectivity index (χ2v) is 8.13. The van der Waals surface area contributed by atoms with E-state index in [2.05, 4.69) is 13.8 Å². The molecule has 3 rings (SSSR count). The number of hydrogen-bond acceptors (Lipinski definition) is 4. The third kappa shape index (κ3) is 7.47. The Kier molecular flexibility index (Phi) is 9.52. The lowest BCUT2D eigenvalue weighted by Crippen LogP contribution is -2.09. The minimum absolute atomic E-state index is 0.00568. The number of ether oxygens (including phenoxy) is 3. The molecule has 0 N–H and O–H groups in total. The second kappa shape index (κ2) is 12.8. The molecule has 0 spiro atoms. The summed E-state index contributed by atoms with van der Waals surface area (Å²) in [4.78, 5) is 12.5. The Hall–Kier alpha value is -3.11. The van der Waals surface area contributed by atoms with Crippen molar-refractivity contribution in [2.75, 3.05) is 13.2 Å². The van der Waals surface area contributed by atoms with E-state index >= 15 is 0 Å². The lowest BCUT2D eigenvalue weighted by Gasteiger charge is -2.13. The van der Waals surface area contributed by atoms with Gasteiger partial charge in [0.25, 0.3) is 0 Å². The summed E-state index contributed by atoms with van der Waals surface area (Å²) in [5, 5.41) is 0. The molecule has 3 aromatic rings. The number of hydrogen-bond donors (Lipinski definition) is 0. The largest absolute Gasteiger partial charge is 0.494 e. The van der Waals surface area contributed by atoms with Crippen molar-refractivity contribution in [3.05, 3.63) is 83.9 Å². The van der Waals surface area contributed by atoms with Crippen LogP contribution in [0.3, 0.4) is 0 Å². The predicted octanol–water partition coefficient (Wildman–Crippen LogP) is 7.63. The van der Waals surface area contributed by atoms with E-state index in [1.54, 1.807) is 12.1 Å². The molecule has 4 nitrogen and oxygen atoms in total. The highest BCUT2D eigenvalue weighted by Crippen LogP contribution is 2.25. The molecule has 0 saturated carbocycles. The van der Waals surface area contributed by atoms with Crippen LogP contribution in [0.4, 0.5) is 0 Å². The summed E-state index contributed by atoms with van der Waals surface area (Å²) in [5.41, 5.74) is 3.70. The maximum atomic E-state index is 12.5. The summed E-state index contributed by atoms with van der Waals surface area (Å²) in [6, 6.07) is 23.0. The molecule has 3 aromatic carbocycles. The highest BCUT2D eigenvalue weighted by molar-refractivity contribution is 5.91. The van der Waals surface area contributed by atoms with E-state index in [1.165, 1.54) is 0 Å². The minimum Gasteiger partial charge on any atom is -0.494 e. The molecule has 1 unspecified atom stereocenters. The van der Waals surface area contributed by atoms with Crippen molar-refractivity contribution in [1.29, 1.82) is 0 Å². The van der Waals surface area contributed by atoms with Crippen molar-refractivity contribution in [2.24, 2.45) is 0 Å². The third-order valence-electron chi connectivity index (χ3n) is 5.50. The van der Waals surface area contributed by atoms with Crippen LogP contribution in [0, 0.1) is 0 Å². The summed E-state index contributed by atoms with van der Waals surface area (Å²) in [6.07, 6.45) is 4.34. The number of carbonyl (C=O) groups excluding carboxylic acids is 1. The number of benzene rings is 3. The van der Waals surface area contributed by atoms with Gasteiger partial charge in [0, 0.05) is 6.61 Å². The van der Waals surface area contributed by atoms with Gasteiger partial charge in [-0.15, -0.1) is 0 Å². The Bertz CT molecular complexity index is 976. The fourth-order valence-electron chi connectivity index (χ4n) is 3.35. The quantitative estimate of drug-likeness (QED) is 0.163. The van der Waals surface area contributed by atoms with E-state index in [9.17, 15) is 4.79 Å². The van der Waals surface area contributed by atoms with Gasteiger partial charge in [0.1, 0.15) is 11.5 Å². The summed E-state index contributed by atoms with van der Waals surface area (Å²) in [6.45, 7) is 7.80. The van der Waals surface area contributed by atoms with Crippen LogP contribution in [-0.4, -0.2) is 19.2 Å². The van der Waals surface area contributed by atoms with E-state index in [4.69, 9.17) is 14.2 Å². The lowest BCUT2D eigenvalue weighted by molar-refractivity contribution is 0.0635. The van der Waals surface area contributed by atoms with Gasteiger partial charge >= 0.3 is 5.97 Å². The van der Waals surface area contributed by atoms with E-state index in [1.807, 2.05) is 67.6 Å². The molecule has 174 valence electrons. The summed E-state index contributed by atoms with van der Waals surface area (Å²) in [7, 11) is 0. The molecule has 0 aromatic heterocycles. The fraction of sp³-hybridized carbons (Fsp3) is 0.345. The monoisotopic (exact) mass is 446 g/mol. The number of unbranched alkanes of at least 4 members (excludes halogenated alkanes) is 2. The van der Waals surface area contributed by atoms with Gasteiger partial charge in [-0.1, -0.05) is 63.1 Å². The van der Waals surface area contributed by atoms with Crippen LogP contribution in [0.5, 0.6) is 11.5 Å². The number of esters is 1. The van der Waals surface area contributed by atoms with Gasteiger partial charge in [-0.2, -0.15) is 0 Å². The first kappa shape index (κ1) is 24.5. The zero-order valence-corrected chi connectivity index (χ0v) is 19.9. The first-order valence-electron chi connectivity index (χ1n) is 11.9. The smallest absolute Gasteiger partial charge is 0.343 e. The Labute approximate surface area is 197 Å². The first-order valence-corrected chi connectivity index (χ1v) is 11.9. The van der Waals surface area contributed by atoms with Gasteiger partial charge < -0.3 is 14.2 Å². The summed E-state index contributed by atoms with van der Waals surface area (Å²) in [5.74, 6) is 1.02. The first-order chi connectivity index (χ1) is 16.1. The van der Waals surface area contributed by atoms with Gasteiger partial charge in [0.15, 0.2) is 0 Å². The topological polar surface area (TPSA) is 44.8 Å². The zero-order valence-electron chi connectivity index (χ0n) is 19.9. The maximum Gasteiger partial charge on any atom is 0.343 e. The van der Waals surface area contributed by atoms with Crippen molar-refractivity contribution in [2.45, 2.75) is 52.6 Å². The number of carbonyl (C=O) groups is 1. The lowest BCUT2D eigenvalue weighted by atomic mass is 10.1. The molecule has 33 heavy (non-hydrogen) atoms. The summed E-state index contributed by atoms with van der Waals surface area (Å²) < 4.78 is 17.1. The Morgan fingerprint density at radius 2 is 1.27 bits per heavy atom. The average Bonchev–Trinajstić information content (AvgIpc) is 2.85. The van der Waals surface area contributed by atoms with Crippen LogP contribution in [0.15, 0.2) is 72.8 Å². The van der Waals surface area contributed by atoms with Crippen LogP contribution in [0.25, 0.3) is 11.1 Å². The van der Waals surface area contributed by atoms with Crippen molar-refractivity contribution in [1.82, 2.24) is 0 Å². The highest BCUT2D eigenvalue weighted by Gasteiger charge is 2.11. The Balaban J connectivity index is 1.55. The van der Waals surface area contributed by atoms with Gasteiger partial charge in [0.2, 0.25) is 0 Å². The number of rotatable bonds is 12. The Morgan fingerprint density at radius 1 is 0.727 bits per heavy atom. The van der Waals surface area contributed by atoms with E-state index in [0.29, 0.717) is 11.3 Å². The SMILES string of the molecule is CCCCOc1ccc(-c2ccc(OC(=O)c3ccc(C(C)OCCCC)cc3)cc2)cc1. The second-order valence-electron chi connectivity index (χ2n) is 8.13. The van der Waals surface area contributed by atoms with E-state index in [-0.39, 0.29) is 12.1 Å².